The molecule has 0 aromatic heterocycles. The van der Waals surface area contributed by atoms with Crippen molar-refractivity contribution in [2.45, 2.75) is 25.4 Å². The minimum absolute atomic E-state index is 0.762. The van der Waals surface area contributed by atoms with E-state index < -0.39 is 0 Å². The zero-order valence-electron chi connectivity index (χ0n) is 9.73. The van der Waals surface area contributed by atoms with Crippen LogP contribution < -0.4 is 5.32 Å². The Morgan fingerprint density at radius 3 is 2.88 bits per heavy atom. The van der Waals surface area contributed by atoms with Gasteiger partial charge in [-0.25, -0.2) is 0 Å². The molecule has 2 fully saturated rings. The summed E-state index contributed by atoms with van der Waals surface area (Å²) >= 11 is 0. The number of nitrogens with one attached hydrogen (secondary N) is 1. The van der Waals surface area contributed by atoms with Gasteiger partial charge in [0.1, 0.15) is 0 Å². The zero-order chi connectivity index (χ0) is 10.8. The molecule has 0 saturated carbocycles. The molecule has 3 rings (SSSR count). The summed E-state index contributed by atoms with van der Waals surface area (Å²) < 4.78 is 0. The fraction of sp³-hybridized carbons (Fsp3) is 0.571. The summed E-state index contributed by atoms with van der Waals surface area (Å²) in [7, 11) is 0. The van der Waals surface area contributed by atoms with Crippen LogP contribution >= 0.6 is 0 Å². The van der Waals surface area contributed by atoms with Crippen molar-refractivity contribution < 1.29 is 0 Å². The number of rotatable bonds is 2. The quantitative estimate of drug-likeness (QED) is 0.812. The molecule has 2 aliphatic heterocycles. The molecule has 86 valence electrons. The molecule has 0 spiro atoms. The molecule has 0 bridgehead atoms. The lowest BCUT2D eigenvalue weighted by Gasteiger charge is -2.24. The third-order valence-corrected chi connectivity index (χ3v) is 3.92. The Labute approximate surface area is 97.6 Å². The number of hydrogen-bond donors (Lipinski definition) is 1. The van der Waals surface area contributed by atoms with E-state index in [1.54, 1.807) is 0 Å². The van der Waals surface area contributed by atoms with Gasteiger partial charge in [0.15, 0.2) is 0 Å². The second-order valence-electron chi connectivity index (χ2n) is 5.14. The normalized spacial score (nSPS) is 30.2. The van der Waals surface area contributed by atoms with Crippen LogP contribution in [0.25, 0.3) is 0 Å². The van der Waals surface area contributed by atoms with Gasteiger partial charge < -0.3 is 5.32 Å². The molecule has 16 heavy (non-hydrogen) atoms. The second-order valence-corrected chi connectivity index (χ2v) is 5.14. The Bertz CT molecular complexity index is 322. The third-order valence-electron chi connectivity index (χ3n) is 3.92. The highest BCUT2D eigenvalue weighted by atomic mass is 15.2. The molecule has 2 nitrogen and oxygen atoms in total. The van der Waals surface area contributed by atoms with E-state index >= 15 is 0 Å². The van der Waals surface area contributed by atoms with Crippen molar-refractivity contribution in [1.82, 2.24) is 10.2 Å². The first-order valence-corrected chi connectivity index (χ1v) is 6.41. The van der Waals surface area contributed by atoms with Crippen LogP contribution in [-0.2, 0) is 6.54 Å². The fourth-order valence-corrected chi connectivity index (χ4v) is 3.11. The van der Waals surface area contributed by atoms with E-state index in [1.807, 2.05) is 0 Å². The van der Waals surface area contributed by atoms with Gasteiger partial charge in [-0.1, -0.05) is 30.3 Å². The number of hydrogen-bond acceptors (Lipinski definition) is 2. The molecule has 0 radical (unpaired) electrons. The fourth-order valence-electron chi connectivity index (χ4n) is 3.11. The van der Waals surface area contributed by atoms with E-state index in [2.05, 4.69) is 40.5 Å². The smallest absolute Gasteiger partial charge is 0.0235 e. The van der Waals surface area contributed by atoms with E-state index in [1.165, 1.54) is 38.0 Å². The first-order valence-electron chi connectivity index (χ1n) is 6.41. The van der Waals surface area contributed by atoms with E-state index in [0.717, 1.165) is 18.5 Å². The molecule has 1 aromatic carbocycles. The van der Waals surface area contributed by atoms with Gasteiger partial charge in [0, 0.05) is 25.7 Å². The Kier molecular flexibility index (Phi) is 2.94. The lowest BCUT2D eigenvalue weighted by molar-refractivity contribution is 0.312. The van der Waals surface area contributed by atoms with Gasteiger partial charge in [-0.2, -0.15) is 0 Å². The number of likely N-dealkylation sites (tertiary alicyclic amines) is 1. The lowest BCUT2D eigenvalue weighted by atomic mass is 9.94. The SMILES string of the molecule is c1ccc(CN2C[C@H]3CCCN[C@H]3C2)cc1. The molecule has 2 saturated heterocycles. The number of nitrogens with zero attached hydrogens (tertiary/aromatic N) is 1. The molecule has 2 aliphatic rings. The first-order chi connectivity index (χ1) is 7.92. The van der Waals surface area contributed by atoms with Gasteiger partial charge in [-0.05, 0) is 30.9 Å². The molecule has 0 unspecified atom stereocenters. The summed E-state index contributed by atoms with van der Waals surface area (Å²) in [6.45, 7) is 4.86. The van der Waals surface area contributed by atoms with Crippen LogP contribution in [0, 0.1) is 5.92 Å². The number of fused-ring (bicyclic) bond motifs is 1. The van der Waals surface area contributed by atoms with Gasteiger partial charge in [0.2, 0.25) is 0 Å². The van der Waals surface area contributed by atoms with E-state index in [0.29, 0.717) is 0 Å². The van der Waals surface area contributed by atoms with Crippen molar-refractivity contribution in [3.63, 3.8) is 0 Å². The first kappa shape index (κ1) is 10.3. The summed E-state index contributed by atoms with van der Waals surface area (Å²) in [6.07, 6.45) is 2.78. The van der Waals surface area contributed by atoms with Crippen molar-refractivity contribution in [1.29, 1.82) is 0 Å². The summed E-state index contributed by atoms with van der Waals surface area (Å²) in [6, 6.07) is 11.6. The van der Waals surface area contributed by atoms with Crippen LogP contribution in [0.2, 0.25) is 0 Å². The highest BCUT2D eigenvalue weighted by Crippen LogP contribution is 2.25. The summed E-state index contributed by atoms with van der Waals surface area (Å²) in [5.41, 5.74) is 1.45. The molecule has 2 heterocycles. The Morgan fingerprint density at radius 2 is 2.06 bits per heavy atom. The van der Waals surface area contributed by atoms with Crippen LogP contribution in [-0.4, -0.2) is 30.6 Å². The summed E-state index contributed by atoms with van der Waals surface area (Å²) in [5, 5.41) is 3.66. The third kappa shape index (κ3) is 2.13. The van der Waals surface area contributed by atoms with Crippen molar-refractivity contribution in [3.05, 3.63) is 35.9 Å². The van der Waals surface area contributed by atoms with Gasteiger partial charge in [-0.15, -0.1) is 0 Å². The van der Waals surface area contributed by atoms with Crippen LogP contribution in [0.15, 0.2) is 30.3 Å². The van der Waals surface area contributed by atoms with Crippen molar-refractivity contribution >= 4 is 0 Å². The Hall–Kier alpha value is -0.860. The van der Waals surface area contributed by atoms with Crippen LogP contribution in [0.4, 0.5) is 0 Å². The topological polar surface area (TPSA) is 15.3 Å². The van der Waals surface area contributed by atoms with Crippen molar-refractivity contribution in [2.75, 3.05) is 19.6 Å². The molecule has 1 N–H and O–H groups in total. The van der Waals surface area contributed by atoms with E-state index in [9.17, 15) is 0 Å². The van der Waals surface area contributed by atoms with Crippen molar-refractivity contribution in [2.24, 2.45) is 5.92 Å². The molecular weight excluding hydrogens is 196 g/mol. The second kappa shape index (κ2) is 4.56. The van der Waals surface area contributed by atoms with Crippen LogP contribution in [0.3, 0.4) is 0 Å². The number of benzene rings is 1. The van der Waals surface area contributed by atoms with Gasteiger partial charge in [-0.3, -0.25) is 4.90 Å². The molecule has 2 heteroatoms. The minimum Gasteiger partial charge on any atom is -0.312 e. The standard InChI is InChI=1S/C14H20N2/c1-2-5-12(6-3-1)9-16-10-13-7-4-8-15-14(13)11-16/h1-3,5-6,13-15H,4,7-11H2/t13-,14+/m1/s1. The predicted octanol–water partition coefficient (Wildman–Crippen LogP) is 1.87. The molecule has 2 atom stereocenters. The average molecular weight is 216 g/mol. The zero-order valence-corrected chi connectivity index (χ0v) is 9.73. The predicted molar refractivity (Wildman–Crippen MR) is 66.2 cm³/mol. The monoisotopic (exact) mass is 216 g/mol. The van der Waals surface area contributed by atoms with E-state index in [4.69, 9.17) is 0 Å². The van der Waals surface area contributed by atoms with Gasteiger partial charge in [0.05, 0.1) is 0 Å². The van der Waals surface area contributed by atoms with Gasteiger partial charge >= 0.3 is 0 Å². The molecule has 0 amide bonds. The van der Waals surface area contributed by atoms with Crippen LogP contribution in [0.1, 0.15) is 18.4 Å². The van der Waals surface area contributed by atoms with Crippen molar-refractivity contribution in [3.8, 4) is 0 Å². The molecule has 1 aromatic rings. The average Bonchev–Trinajstić information content (AvgIpc) is 2.72. The molecule has 0 aliphatic carbocycles. The summed E-state index contributed by atoms with van der Waals surface area (Å²) in [5.74, 6) is 0.900. The maximum atomic E-state index is 3.66. The Morgan fingerprint density at radius 1 is 1.19 bits per heavy atom. The summed E-state index contributed by atoms with van der Waals surface area (Å²) in [4.78, 5) is 2.60. The maximum absolute atomic E-state index is 3.66. The van der Waals surface area contributed by atoms with E-state index in [-0.39, 0.29) is 0 Å². The largest absolute Gasteiger partial charge is 0.312 e. The lowest BCUT2D eigenvalue weighted by Crippen LogP contribution is -2.40. The van der Waals surface area contributed by atoms with Gasteiger partial charge in [0.25, 0.3) is 0 Å². The molecular formula is C14H20N2. The van der Waals surface area contributed by atoms with Crippen LogP contribution in [0.5, 0.6) is 0 Å². The number of piperidine rings is 1. The highest BCUT2D eigenvalue weighted by molar-refractivity contribution is 5.15. The highest BCUT2D eigenvalue weighted by Gasteiger charge is 2.33. The maximum Gasteiger partial charge on any atom is 0.0235 e. The minimum atomic E-state index is 0.762. The Balaban J connectivity index is 1.61.